The quantitative estimate of drug-likeness (QED) is 0.254. The molecule has 2 unspecified atom stereocenters. The number of rotatable bonds is 4. The molecule has 0 bridgehead atoms. The summed E-state index contributed by atoms with van der Waals surface area (Å²) in [6.07, 6.45) is 1.20. The van der Waals surface area contributed by atoms with Gasteiger partial charge in [0.15, 0.2) is 0 Å². The van der Waals surface area contributed by atoms with Gasteiger partial charge in [0.2, 0.25) is 7.74 Å². The molecule has 0 aromatic heterocycles. The lowest BCUT2D eigenvalue weighted by Gasteiger charge is -2.62. The van der Waals surface area contributed by atoms with E-state index in [1.807, 2.05) is 0 Å². The van der Waals surface area contributed by atoms with Crippen LogP contribution in [0.25, 0.3) is 0 Å². The second kappa shape index (κ2) is 9.70. The molecule has 1 aliphatic rings. The van der Waals surface area contributed by atoms with Crippen LogP contribution in [0.5, 0.6) is 0 Å². The summed E-state index contributed by atoms with van der Waals surface area (Å²) in [6, 6.07) is 35.0. The van der Waals surface area contributed by atoms with Gasteiger partial charge in [0.1, 0.15) is 0 Å². The number of benzene rings is 3. The summed E-state index contributed by atoms with van der Waals surface area (Å²) >= 11 is 0. The molecule has 4 rings (SSSR count). The first-order valence-electron chi connectivity index (χ1n) is 12.6. The summed E-state index contributed by atoms with van der Waals surface area (Å²) < 4.78 is 5.82. The van der Waals surface area contributed by atoms with Gasteiger partial charge >= 0.3 is 0 Å². The highest BCUT2D eigenvalue weighted by atomic mass is 31.4. The van der Waals surface area contributed by atoms with Crippen molar-refractivity contribution in [3.05, 3.63) is 91.0 Å². The second-order valence-electron chi connectivity index (χ2n) is 11.5. The average molecular weight is 489 g/mol. The zero-order chi connectivity index (χ0) is 24.6. The first-order chi connectivity index (χ1) is 16.1. The standard InChI is InChI=1S/C30H41N2PSi/c1-25-23-24-31(29(2,3)4)33(32(25)30(5,6)7)34(26-17-11-8-12-18-26,27-19-13-9-14-20-27)28-21-15-10-16-22-28/h8-22,25H,23-24H2,1-7H3. The van der Waals surface area contributed by atoms with Gasteiger partial charge in [0.25, 0.3) is 0 Å². The average Bonchev–Trinajstić information content (AvgIpc) is 2.80. The Morgan fingerprint density at radius 2 is 1.03 bits per heavy atom. The molecule has 1 heterocycles. The predicted molar refractivity (Wildman–Crippen MR) is 153 cm³/mol. The third-order valence-corrected chi connectivity index (χ3v) is 19.2. The van der Waals surface area contributed by atoms with Crippen LogP contribution in [0.1, 0.15) is 54.9 Å². The van der Waals surface area contributed by atoms with E-state index >= 15 is 0 Å². The Hall–Kier alpha value is -1.77. The molecule has 3 aromatic carbocycles. The minimum atomic E-state index is -2.49. The van der Waals surface area contributed by atoms with Gasteiger partial charge < -0.3 is 0 Å². The lowest BCUT2D eigenvalue weighted by atomic mass is 10.0. The maximum atomic E-state index is 2.93. The van der Waals surface area contributed by atoms with Crippen molar-refractivity contribution in [2.24, 2.45) is 0 Å². The van der Waals surface area contributed by atoms with E-state index in [9.17, 15) is 0 Å². The predicted octanol–water partition coefficient (Wildman–Crippen LogP) is 5.96. The van der Waals surface area contributed by atoms with Crippen molar-refractivity contribution in [3.8, 4) is 0 Å². The summed E-state index contributed by atoms with van der Waals surface area (Å²) in [6.45, 7) is 18.1. The second-order valence-corrected chi connectivity index (χ2v) is 19.4. The lowest BCUT2D eigenvalue weighted by Crippen LogP contribution is -2.73. The van der Waals surface area contributed by atoms with Crippen LogP contribution < -0.4 is 15.6 Å². The van der Waals surface area contributed by atoms with Gasteiger partial charge in [-0.3, -0.25) is 9.34 Å². The van der Waals surface area contributed by atoms with E-state index in [1.54, 1.807) is 0 Å². The highest BCUT2D eigenvalue weighted by molar-refractivity contribution is 7.98. The Morgan fingerprint density at radius 3 is 1.35 bits per heavy atom. The zero-order valence-corrected chi connectivity index (χ0v) is 23.9. The van der Waals surface area contributed by atoms with Gasteiger partial charge in [-0.1, -0.05) is 91.0 Å². The highest BCUT2D eigenvalue weighted by Gasteiger charge is 2.57. The van der Waals surface area contributed by atoms with E-state index in [0.717, 1.165) is 6.54 Å². The first kappa shape index (κ1) is 25.3. The lowest BCUT2D eigenvalue weighted by molar-refractivity contribution is 0.132. The van der Waals surface area contributed by atoms with Crippen molar-refractivity contribution in [2.45, 2.75) is 72.0 Å². The van der Waals surface area contributed by atoms with Crippen molar-refractivity contribution >= 4 is 31.1 Å². The normalized spacial score (nSPS) is 20.9. The molecule has 0 N–H and O–H groups in total. The Labute approximate surface area is 209 Å². The van der Waals surface area contributed by atoms with E-state index in [1.165, 1.54) is 22.0 Å². The monoisotopic (exact) mass is 488 g/mol. The molecule has 1 aliphatic heterocycles. The van der Waals surface area contributed by atoms with Crippen molar-refractivity contribution in [1.29, 1.82) is 0 Å². The van der Waals surface area contributed by atoms with Crippen LogP contribution in [-0.2, 0) is 0 Å². The van der Waals surface area contributed by atoms with E-state index in [0.29, 0.717) is 6.04 Å². The van der Waals surface area contributed by atoms with Crippen molar-refractivity contribution < 1.29 is 0 Å². The van der Waals surface area contributed by atoms with Crippen LogP contribution in [-0.4, -0.2) is 40.7 Å². The first-order valence-corrected chi connectivity index (χ1v) is 16.7. The maximum Gasteiger partial charge on any atom is 0.209 e. The largest absolute Gasteiger partial charge is 0.267 e. The Morgan fingerprint density at radius 1 is 0.647 bits per heavy atom. The Kier molecular flexibility index (Phi) is 7.23. The molecule has 1 saturated heterocycles. The summed E-state index contributed by atoms with van der Waals surface area (Å²) in [5.74, 6) is 0. The molecule has 0 radical (unpaired) electrons. The van der Waals surface area contributed by atoms with Crippen LogP contribution in [0.2, 0.25) is 0 Å². The van der Waals surface area contributed by atoms with Crippen LogP contribution in [0, 0.1) is 0 Å². The van der Waals surface area contributed by atoms with Crippen LogP contribution >= 0.6 is 7.77 Å². The van der Waals surface area contributed by atoms with E-state index in [-0.39, 0.29) is 11.1 Å². The molecule has 4 heteroatoms. The molecule has 2 atom stereocenters. The minimum Gasteiger partial charge on any atom is -0.267 e. The summed E-state index contributed by atoms with van der Waals surface area (Å²) in [5, 5.41) is 4.53. The third-order valence-electron chi connectivity index (χ3n) is 6.95. The fraction of sp³-hybridized carbons (Fsp3) is 0.400. The van der Waals surface area contributed by atoms with Gasteiger partial charge in [-0.15, -0.1) is 0 Å². The number of nitrogens with zero attached hydrogens (tertiary/aromatic N) is 2. The molecule has 2 nitrogen and oxygen atoms in total. The van der Waals surface area contributed by atoms with Crippen molar-refractivity contribution in [3.63, 3.8) is 0 Å². The molecule has 3 aromatic rings. The molecular formula is C30H41N2PSi. The minimum absolute atomic E-state index is 0.0611. The summed E-state index contributed by atoms with van der Waals surface area (Å²) in [5.41, 5.74) is 0.136. The molecular weight excluding hydrogens is 447 g/mol. The maximum absolute atomic E-state index is 2.93. The van der Waals surface area contributed by atoms with Crippen molar-refractivity contribution in [1.82, 2.24) is 9.34 Å². The van der Waals surface area contributed by atoms with Crippen LogP contribution in [0.3, 0.4) is 0 Å². The van der Waals surface area contributed by atoms with E-state index < -0.39 is 15.5 Å². The van der Waals surface area contributed by atoms with Gasteiger partial charge in [-0.25, -0.2) is 0 Å². The van der Waals surface area contributed by atoms with Crippen LogP contribution in [0.4, 0.5) is 0 Å². The van der Waals surface area contributed by atoms with Gasteiger partial charge in [0.05, 0.1) is 0 Å². The van der Waals surface area contributed by atoms with Crippen molar-refractivity contribution in [2.75, 3.05) is 6.54 Å². The SMILES string of the molecule is CC1CCN(C(C)(C)C)P([Si](c2ccccc2)(c2ccccc2)c2ccccc2)N1C(C)(C)C. The highest BCUT2D eigenvalue weighted by Crippen LogP contribution is 2.61. The van der Waals surface area contributed by atoms with E-state index in [4.69, 9.17) is 0 Å². The summed E-state index contributed by atoms with van der Waals surface area (Å²) in [7, 11) is -3.18. The molecule has 34 heavy (non-hydrogen) atoms. The van der Waals surface area contributed by atoms with E-state index in [2.05, 4.69) is 149 Å². The smallest absolute Gasteiger partial charge is 0.209 e. The van der Waals surface area contributed by atoms with Gasteiger partial charge in [-0.05, 0) is 70.4 Å². The molecule has 1 fully saturated rings. The number of hydrogen-bond acceptors (Lipinski definition) is 2. The fourth-order valence-corrected chi connectivity index (χ4v) is 20.4. The Bertz CT molecular complexity index is 961. The molecule has 0 aliphatic carbocycles. The van der Waals surface area contributed by atoms with Gasteiger partial charge in [-0.2, -0.15) is 0 Å². The third kappa shape index (κ3) is 4.56. The molecule has 0 saturated carbocycles. The Balaban J connectivity index is 2.17. The molecule has 0 spiro atoms. The fourth-order valence-electron chi connectivity index (χ4n) is 5.62. The number of hydrogen-bond donors (Lipinski definition) is 0. The molecule has 180 valence electrons. The van der Waals surface area contributed by atoms with Gasteiger partial charge in [0, 0.05) is 31.4 Å². The zero-order valence-electron chi connectivity index (χ0n) is 22.0. The summed E-state index contributed by atoms with van der Waals surface area (Å²) in [4.78, 5) is 0. The topological polar surface area (TPSA) is 6.48 Å². The molecule has 0 amide bonds. The van der Waals surface area contributed by atoms with Crippen LogP contribution in [0.15, 0.2) is 91.0 Å².